The SMILES string of the molecule is CC1CNCCN(c2ccc(O)cc2)C1. The second kappa shape index (κ2) is 4.53. The minimum Gasteiger partial charge on any atom is -0.508 e. The molecule has 15 heavy (non-hydrogen) atoms. The Morgan fingerprint density at radius 1 is 1.33 bits per heavy atom. The van der Waals surface area contributed by atoms with Crippen LogP contribution in [0.2, 0.25) is 0 Å². The van der Waals surface area contributed by atoms with Crippen molar-refractivity contribution < 1.29 is 5.11 Å². The van der Waals surface area contributed by atoms with Crippen molar-refractivity contribution in [3.8, 4) is 5.75 Å². The molecule has 1 saturated heterocycles. The molecule has 0 spiro atoms. The highest BCUT2D eigenvalue weighted by Crippen LogP contribution is 2.19. The van der Waals surface area contributed by atoms with Gasteiger partial charge in [0.2, 0.25) is 0 Å². The van der Waals surface area contributed by atoms with Gasteiger partial charge in [0, 0.05) is 25.3 Å². The number of benzene rings is 1. The van der Waals surface area contributed by atoms with Crippen LogP contribution in [-0.2, 0) is 0 Å². The lowest BCUT2D eigenvalue weighted by Crippen LogP contribution is -2.29. The van der Waals surface area contributed by atoms with Crippen LogP contribution in [0.25, 0.3) is 0 Å². The second-order valence-electron chi connectivity index (χ2n) is 4.27. The molecule has 3 heteroatoms. The van der Waals surface area contributed by atoms with Crippen LogP contribution in [0.1, 0.15) is 6.92 Å². The van der Waals surface area contributed by atoms with E-state index in [4.69, 9.17) is 0 Å². The van der Waals surface area contributed by atoms with Crippen LogP contribution in [0, 0.1) is 5.92 Å². The topological polar surface area (TPSA) is 35.5 Å². The Balaban J connectivity index is 2.11. The Bertz CT molecular complexity index is 310. The molecule has 82 valence electrons. The van der Waals surface area contributed by atoms with Crippen LogP contribution >= 0.6 is 0 Å². The van der Waals surface area contributed by atoms with Crippen LogP contribution in [0.5, 0.6) is 5.75 Å². The maximum Gasteiger partial charge on any atom is 0.115 e. The van der Waals surface area contributed by atoms with Crippen LogP contribution in [0.3, 0.4) is 0 Å². The zero-order valence-electron chi connectivity index (χ0n) is 9.11. The zero-order valence-corrected chi connectivity index (χ0v) is 9.11. The van der Waals surface area contributed by atoms with Crippen LogP contribution in [-0.4, -0.2) is 31.3 Å². The van der Waals surface area contributed by atoms with Crippen molar-refractivity contribution in [1.82, 2.24) is 5.32 Å². The van der Waals surface area contributed by atoms with E-state index < -0.39 is 0 Å². The van der Waals surface area contributed by atoms with Crippen molar-refractivity contribution in [3.63, 3.8) is 0 Å². The molecule has 1 aliphatic rings. The molecule has 0 amide bonds. The number of nitrogens with zero attached hydrogens (tertiary/aromatic N) is 1. The first kappa shape index (κ1) is 10.3. The Kier molecular flexibility index (Phi) is 3.11. The molecule has 0 saturated carbocycles. The van der Waals surface area contributed by atoms with Crippen molar-refractivity contribution in [2.75, 3.05) is 31.1 Å². The van der Waals surface area contributed by atoms with Gasteiger partial charge in [0.25, 0.3) is 0 Å². The summed E-state index contributed by atoms with van der Waals surface area (Å²) in [5.74, 6) is 1.00. The van der Waals surface area contributed by atoms with E-state index in [9.17, 15) is 5.11 Å². The summed E-state index contributed by atoms with van der Waals surface area (Å²) >= 11 is 0. The van der Waals surface area contributed by atoms with Gasteiger partial charge >= 0.3 is 0 Å². The van der Waals surface area contributed by atoms with Gasteiger partial charge in [0.15, 0.2) is 0 Å². The quantitative estimate of drug-likeness (QED) is 0.730. The van der Waals surface area contributed by atoms with Gasteiger partial charge in [-0.3, -0.25) is 0 Å². The van der Waals surface area contributed by atoms with Gasteiger partial charge in [-0.05, 0) is 36.7 Å². The lowest BCUT2D eigenvalue weighted by molar-refractivity contribution is 0.475. The molecule has 1 unspecified atom stereocenters. The molecule has 0 radical (unpaired) electrons. The summed E-state index contributed by atoms with van der Waals surface area (Å²) in [6.07, 6.45) is 0. The van der Waals surface area contributed by atoms with Gasteiger partial charge in [0.05, 0.1) is 0 Å². The first-order valence-corrected chi connectivity index (χ1v) is 5.50. The summed E-state index contributed by atoms with van der Waals surface area (Å²) in [7, 11) is 0. The van der Waals surface area contributed by atoms with E-state index in [2.05, 4.69) is 17.1 Å². The molecular weight excluding hydrogens is 188 g/mol. The number of anilines is 1. The van der Waals surface area contributed by atoms with Gasteiger partial charge in [-0.25, -0.2) is 0 Å². The normalized spacial score (nSPS) is 22.5. The fourth-order valence-electron chi connectivity index (χ4n) is 1.99. The van der Waals surface area contributed by atoms with E-state index in [1.54, 1.807) is 12.1 Å². The minimum absolute atomic E-state index is 0.333. The molecule has 1 aromatic rings. The number of rotatable bonds is 1. The van der Waals surface area contributed by atoms with E-state index in [1.807, 2.05) is 12.1 Å². The van der Waals surface area contributed by atoms with Crippen molar-refractivity contribution in [2.45, 2.75) is 6.92 Å². The van der Waals surface area contributed by atoms with Gasteiger partial charge in [0.1, 0.15) is 5.75 Å². The van der Waals surface area contributed by atoms with E-state index in [0.717, 1.165) is 26.2 Å². The molecule has 2 N–H and O–H groups in total. The third-order valence-electron chi connectivity index (χ3n) is 2.80. The monoisotopic (exact) mass is 206 g/mol. The molecule has 1 aliphatic heterocycles. The number of aromatic hydroxyl groups is 1. The Hall–Kier alpha value is -1.22. The van der Waals surface area contributed by atoms with E-state index in [-0.39, 0.29) is 0 Å². The Morgan fingerprint density at radius 2 is 2.07 bits per heavy atom. The van der Waals surface area contributed by atoms with Gasteiger partial charge in [-0.1, -0.05) is 6.92 Å². The lowest BCUT2D eigenvalue weighted by atomic mass is 10.1. The molecule has 1 atom stereocenters. The average molecular weight is 206 g/mol. The standard InChI is InChI=1S/C12H18N2O/c1-10-8-13-6-7-14(9-10)11-2-4-12(15)5-3-11/h2-5,10,13,15H,6-9H2,1H3. The molecule has 3 nitrogen and oxygen atoms in total. The highest BCUT2D eigenvalue weighted by Gasteiger charge is 2.14. The van der Waals surface area contributed by atoms with Crippen LogP contribution < -0.4 is 10.2 Å². The summed E-state index contributed by atoms with van der Waals surface area (Å²) < 4.78 is 0. The van der Waals surface area contributed by atoms with Crippen molar-refractivity contribution in [2.24, 2.45) is 5.92 Å². The van der Waals surface area contributed by atoms with Crippen LogP contribution in [0.4, 0.5) is 5.69 Å². The zero-order chi connectivity index (χ0) is 10.7. The predicted octanol–water partition coefficient (Wildman–Crippen LogP) is 1.44. The highest BCUT2D eigenvalue weighted by molar-refractivity contribution is 5.49. The van der Waals surface area contributed by atoms with Crippen molar-refractivity contribution >= 4 is 5.69 Å². The summed E-state index contributed by atoms with van der Waals surface area (Å²) in [6, 6.07) is 7.46. The summed E-state index contributed by atoms with van der Waals surface area (Å²) in [4.78, 5) is 2.37. The van der Waals surface area contributed by atoms with E-state index in [0.29, 0.717) is 11.7 Å². The fourth-order valence-corrected chi connectivity index (χ4v) is 1.99. The van der Waals surface area contributed by atoms with Crippen molar-refractivity contribution in [3.05, 3.63) is 24.3 Å². The largest absolute Gasteiger partial charge is 0.508 e. The minimum atomic E-state index is 0.333. The molecule has 0 bridgehead atoms. The Labute approximate surface area is 90.7 Å². The maximum atomic E-state index is 9.23. The molecule has 1 aromatic carbocycles. The molecule has 0 aliphatic carbocycles. The van der Waals surface area contributed by atoms with Gasteiger partial charge < -0.3 is 15.3 Å². The maximum absolute atomic E-state index is 9.23. The number of hydrogen-bond donors (Lipinski definition) is 2. The molecule has 2 rings (SSSR count). The number of phenolic OH excluding ortho intramolecular Hbond substituents is 1. The van der Waals surface area contributed by atoms with E-state index in [1.165, 1.54) is 5.69 Å². The van der Waals surface area contributed by atoms with E-state index >= 15 is 0 Å². The Morgan fingerprint density at radius 3 is 2.80 bits per heavy atom. The highest BCUT2D eigenvalue weighted by atomic mass is 16.3. The summed E-state index contributed by atoms with van der Waals surface area (Å²) in [5.41, 5.74) is 1.20. The lowest BCUT2D eigenvalue weighted by Gasteiger charge is -2.24. The third kappa shape index (κ3) is 2.63. The third-order valence-corrected chi connectivity index (χ3v) is 2.80. The molecular formula is C12H18N2O. The van der Waals surface area contributed by atoms with Crippen LogP contribution in [0.15, 0.2) is 24.3 Å². The predicted molar refractivity (Wildman–Crippen MR) is 62.4 cm³/mol. The smallest absolute Gasteiger partial charge is 0.115 e. The molecule has 1 heterocycles. The summed E-state index contributed by atoms with van der Waals surface area (Å²) in [6.45, 7) is 6.50. The fraction of sp³-hybridized carbons (Fsp3) is 0.500. The second-order valence-corrected chi connectivity index (χ2v) is 4.27. The number of nitrogens with one attached hydrogen (secondary N) is 1. The van der Waals surface area contributed by atoms with Gasteiger partial charge in [-0.15, -0.1) is 0 Å². The number of hydrogen-bond acceptors (Lipinski definition) is 3. The first-order valence-electron chi connectivity index (χ1n) is 5.50. The summed E-state index contributed by atoms with van der Waals surface area (Å²) in [5, 5.41) is 12.6. The number of phenols is 1. The molecule has 0 aromatic heterocycles. The average Bonchev–Trinajstić information content (AvgIpc) is 2.44. The first-order chi connectivity index (χ1) is 7.25. The van der Waals surface area contributed by atoms with Crippen molar-refractivity contribution in [1.29, 1.82) is 0 Å². The van der Waals surface area contributed by atoms with Gasteiger partial charge in [-0.2, -0.15) is 0 Å². The molecule has 1 fully saturated rings.